The van der Waals surface area contributed by atoms with Gasteiger partial charge in [-0.1, -0.05) is 36.2 Å². The molecule has 0 amide bonds. The Bertz CT molecular complexity index is 360. The number of likely N-dealkylation sites (tertiary alicyclic amines) is 1. The molecule has 2 heteroatoms. The number of aryl methyl sites for hydroxylation is 1. The van der Waals surface area contributed by atoms with Crippen LogP contribution in [0.1, 0.15) is 49.8 Å². The monoisotopic (exact) mass is 247 g/mol. The molecule has 18 heavy (non-hydrogen) atoms. The zero-order chi connectivity index (χ0) is 13.0. The predicted octanol–water partition coefficient (Wildman–Crippen LogP) is 3.29. The summed E-state index contributed by atoms with van der Waals surface area (Å²) in [5.41, 5.74) is 2.29. The molecule has 2 unspecified atom stereocenters. The number of aliphatic hydroxyl groups excluding tert-OH is 1. The smallest absolute Gasteiger partial charge is 0.0802 e. The zero-order valence-corrected chi connectivity index (χ0v) is 11.6. The van der Waals surface area contributed by atoms with Crippen LogP contribution in [0, 0.1) is 6.92 Å². The van der Waals surface area contributed by atoms with E-state index in [4.69, 9.17) is 0 Å². The first-order valence-electron chi connectivity index (χ1n) is 7.15. The number of rotatable bonds is 4. The molecule has 0 saturated carbocycles. The number of hydrogen-bond donors (Lipinski definition) is 1. The van der Waals surface area contributed by atoms with E-state index in [0.717, 1.165) is 18.5 Å². The number of hydrogen-bond acceptors (Lipinski definition) is 2. The Morgan fingerprint density at radius 2 is 2.00 bits per heavy atom. The minimum atomic E-state index is -0.320. The highest BCUT2D eigenvalue weighted by Crippen LogP contribution is 2.21. The fourth-order valence-electron chi connectivity index (χ4n) is 2.73. The van der Waals surface area contributed by atoms with Crippen molar-refractivity contribution in [2.45, 2.75) is 51.7 Å². The summed E-state index contributed by atoms with van der Waals surface area (Å²) in [6.45, 7) is 6.58. The third kappa shape index (κ3) is 3.56. The Kier molecular flexibility index (Phi) is 4.79. The van der Waals surface area contributed by atoms with Gasteiger partial charge in [0.25, 0.3) is 0 Å². The Morgan fingerprint density at radius 3 is 2.67 bits per heavy atom. The van der Waals surface area contributed by atoms with Gasteiger partial charge in [0.2, 0.25) is 0 Å². The molecule has 0 radical (unpaired) electrons. The van der Waals surface area contributed by atoms with Crippen LogP contribution in [0.15, 0.2) is 24.3 Å². The van der Waals surface area contributed by atoms with Gasteiger partial charge in [0.1, 0.15) is 0 Å². The summed E-state index contributed by atoms with van der Waals surface area (Å²) >= 11 is 0. The van der Waals surface area contributed by atoms with Crippen molar-refractivity contribution in [1.82, 2.24) is 4.90 Å². The van der Waals surface area contributed by atoms with Crippen molar-refractivity contribution in [3.63, 3.8) is 0 Å². The van der Waals surface area contributed by atoms with Crippen molar-refractivity contribution in [2.24, 2.45) is 0 Å². The Morgan fingerprint density at radius 1 is 1.28 bits per heavy atom. The molecule has 100 valence electrons. The van der Waals surface area contributed by atoms with Crippen molar-refractivity contribution < 1.29 is 5.11 Å². The predicted molar refractivity (Wildman–Crippen MR) is 75.6 cm³/mol. The Balaban J connectivity index is 1.83. The first-order valence-corrected chi connectivity index (χ1v) is 7.15. The lowest BCUT2D eigenvalue weighted by Gasteiger charge is -2.33. The summed E-state index contributed by atoms with van der Waals surface area (Å²) in [4.78, 5) is 2.51. The first kappa shape index (κ1) is 13.6. The van der Waals surface area contributed by atoms with Gasteiger partial charge in [-0.25, -0.2) is 0 Å². The number of benzene rings is 1. The highest BCUT2D eigenvalue weighted by molar-refractivity contribution is 5.23. The molecule has 1 N–H and O–H groups in total. The molecule has 1 fully saturated rings. The molecule has 2 atom stereocenters. The molecule has 0 spiro atoms. The van der Waals surface area contributed by atoms with Crippen LogP contribution < -0.4 is 0 Å². The third-order valence-corrected chi connectivity index (χ3v) is 4.09. The molecular formula is C16H25NO. The third-order valence-electron chi connectivity index (χ3n) is 4.09. The molecule has 0 bridgehead atoms. The summed E-state index contributed by atoms with van der Waals surface area (Å²) in [7, 11) is 0. The van der Waals surface area contributed by atoms with E-state index >= 15 is 0 Å². The summed E-state index contributed by atoms with van der Waals surface area (Å²) in [6, 6.07) is 8.91. The van der Waals surface area contributed by atoms with Crippen LogP contribution in [0.2, 0.25) is 0 Å². The van der Waals surface area contributed by atoms with Crippen molar-refractivity contribution >= 4 is 0 Å². The molecule has 1 heterocycles. The van der Waals surface area contributed by atoms with Crippen molar-refractivity contribution in [3.8, 4) is 0 Å². The van der Waals surface area contributed by atoms with E-state index in [0.29, 0.717) is 6.04 Å². The average Bonchev–Trinajstić information content (AvgIpc) is 2.38. The summed E-state index contributed by atoms with van der Waals surface area (Å²) in [5.74, 6) is 0. The Labute approximate surface area is 111 Å². The van der Waals surface area contributed by atoms with Gasteiger partial charge in [0.15, 0.2) is 0 Å². The first-order chi connectivity index (χ1) is 8.66. The van der Waals surface area contributed by atoms with E-state index in [1.165, 1.54) is 31.4 Å². The van der Waals surface area contributed by atoms with Gasteiger partial charge < -0.3 is 10.0 Å². The van der Waals surface area contributed by atoms with Crippen molar-refractivity contribution in [1.29, 1.82) is 0 Å². The molecule has 1 aliphatic rings. The molecule has 2 nitrogen and oxygen atoms in total. The fraction of sp³-hybridized carbons (Fsp3) is 0.625. The lowest BCUT2D eigenvalue weighted by atomic mass is 10.0. The minimum absolute atomic E-state index is 0.320. The molecule has 1 aromatic carbocycles. The fourth-order valence-corrected chi connectivity index (χ4v) is 2.73. The van der Waals surface area contributed by atoms with Crippen LogP contribution in [0.5, 0.6) is 0 Å². The van der Waals surface area contributed by atoms with Crippen LogP contribution in [0.25, 0.3) is 0 Å². The summed E-state index contributed by atoms with van der Waals surface area (Å²) in [6.07, 6.45) is 4.50. The second kappa shape index (κ2) is 6.35. The molecule has 1 aromatic rings. The maximum atomic E-state index is 10.2. The standard InChI is InChI=1S/C16H25NO/c1-13-6-8-15(9-7-13)16(18)10-12-17-11-4-3-5-14(17)2/h6-9,14,16,18H,3-5,10-12H2,1-2H3. The van der Waals surface area contributed by atoms with E-state index in [2.05, 4.69) is 30.9 Å². The molecule has 0 aromatic heterocycles. The summed E-state index contributed by atoms with van der Waals surface area (Å²) < 4.78 is 0. The SMILES string of the molecule is Cc1ccc(C(O)CCN2CCCCC2C)cc1. The molecule has 1 saturated heterocycles. The van der Waals surface area contributed by atoms with Gasteiger partial charge in [-0.05, 0) is 45.2 Å². The van der Waals surface area contributed by atoms with Gasteiger partial charge in [0, 0.05) is 12.6 Å². The Hall–Kier alpha value is -0.860. The van der Waals surface area contributed by atoms with Crippen LogP contribution >= 0.6 is 0 Å². The average molecular weight is 247 g/mol. The normalized spacial score (nSPS) is 22.9. The highest BCUT2D eigenvalue weighted by atomic mass is 16.3. The van der Waals surface area contributed by atoms with Crippen LogP contribution in [0.4, 0.5) is 0 Å². The van der Waals surface area contributed by atoms with E-state index in [9.17, 15) is 5.11 Å². The highest BCUT2D eigenvalue weighted by Gasteiger charge is 2.19. The molecular weight excluding hydrogens is 222 g/mol. The van der Waals surface area contributed by atoms with Crippen LogP contribution in [0.3, 0.4) is 0 Å². The van der Waals surface area contributed by atoms with Gasteiger partial charge in [-0.2, -0.15) is 0 Å². The lowest BCUT2D eigenvalue weighted by molar-refractivity contribution is 0.109. The largest absolute Gasteiger partial charge is 0.388 e. The van der Waals surface area contributed by atoms with Gasteiger partial charge in [-0.3, -0.25) is 0 Å². The quantitative estimate of drug-likeness (QED) is 0.882. The minimum Gasteiger partial charge on any atom is -0.388 e. The number of aliphatic hydroxyl groups is 1. The van der Waals surface area contributed by atoms with E-state index < -0.39 is 0 Å². The van der Waals surface area contributed by atoms with E-state index in [1.807, 2.05) is 12.1 Å². The van der Waals surface area contributed by atoms with Crippen molar-refractivity contribution in [3.05, 3.63) is 35.4 Å². The maximum absolute atomic E-state index is 10.2. The second-order valence-corrected chi connectivity index (χ2v) is 5.60. The van der Waals surface area contributed by atoms with Crippen molar-refractivity contribution in [2.75, 3.05) is 13.1 Å². The number of nitrogens with zero attached hydrogens (tertiary/aromatic N) is 1. The van der Waals surface area contributed by atoms with E-state index in [1.54, 1.807) is 0 Å². The van der Waals surface area contributed by atoms with Crippen LogP contribution in [-0.4, -0.2) is 29.1 Å². The molecule has 1 aliphatic heterocycles. The second-order valence-electron chi connectivity index (χ2n) is 5.60. The summed E-state index contributed by atoms with van der Waals surface area (Å²) in [5, 5.41) is 10.2. The van der Waals surface area contributed by atoms with Gasteiger partial charge >= 0.3 is 0 Å². The van der Waals surface area contributed by atoms with Gasteiger partial charge in [-0.15, -0.1) is 0 Å². The number of piperidine rings is 1. The lowest BCUT2D eigenvalue weighted by Crippen LogP contribution is -2.38. The molecule has 2 rings (SSSR count). The maximum Gasteiger partial charge on any atom is 0.0802 e. The molecule has 0 aliphatic carbocycles. The van der Waals surface area contributed by atoms with E-state index in [-0.39, 0.29) is 6.10 Å². The zero-order valence-electron chi connectivity index (χ0n) is 11.6. The van der Waals surface area contributed by atoms with Crippen LogP contribution in [-0.2, 0) is 0 Å². The topological polar surface area (TPSA) is 23.5 Å². The van der Waals surface area contributed by atoms with Gasteiger partial charge in [0.05, 0.1) is 6.10 Å².